The summed E-state index contributed by atoms with van der Waals surface area (Å²) in [5.41, 5.74) is 4.20. The van der Waals surface area contributed by atoms with Crippen LogP contribution in [0.4, 0.5) is 0 Å². The Morgan fingerprint density at radius 1 is 1.19 bits per heavy atom. The molecular weight excluding hydrogens is 412 g/mol. The molecule has 1 saturated heterocycles. The molecule has 9 heteroatoms. The van der Waals surface area contributed by atoms with E-state index in [0.29, 0.717) is 19.6 Å². The van der Waals surface area contributed by atoms with Gasteiger partial charge in [0.05, 0.1) is 23.7 Å². The van der Waals surface area contributed by atoms with E-state index in [2.05, 4.69) is 40.9 Å². The summed E-state index contributed by atoms with van der Waals surface area (Å²) >= 11 is 0. The lowest BCUT2D eigenvalue weighted by Gasteiger charge is -2.32. The van der Waals surface area contributed by atoms with Gasteiger partial charge in [0.15, 0.2) is 5.96 Å². The topological polar surface area (TPSA) is 91.6 Å². The van der Waals surface area contributed by atoms with Gasteiger partial charge in [0.1, 0.15) is 0 Å². The molecule has 0 bridgehead atoms. The quantitative estimate of drug-likeness (QED) is 0.503. The molecule has 31 heavy (non-hydrogen) atoms. The van der Waals surface area contributed by atoms with Crippen molar-refractivity contribution >= 4 is 16.0 Å². The predicted octanol–water partition coefficient (Wildman–Crippen LogP) is 2.36. The number of aliphatic imine (C=N–C) groups is 1. The van der Waals surface area contributed by atoms with Gasteiger partial charge in [0, 0.05) is 31.4 Å². The van der Waals surface area contributed by atoms with E-state index in [1.54, 1.807) is 11.2 Å². The zero-order valence-corrected chi connectivity index (χ0v) is 19.7. The summed E-state index contributed by atoms with van der Waals surface area (Å²) < 4.78 is 27.7. The molecule has 0 atom stereocenters. The molecule has 0 saturated carbocycles. The van der Waals surface area contributed by atoms with Crippen LogP contribution in [0, 0.1) is 13.8 Å². The van der Waals surface area contributed by atoms with E-state index in [4.69, 9.17) is 4.99 Å². The summed E-state index contributed by atoms with van der Waals surface area (Å²) in [5, 5.41) is 11.4. The maximum atomic E-state index is 12.1. The van der Waals surface area contributed by atoms with Crippen LogP contribution in [0.3, 0.4) is 0 Å². The van der Waals surface area contributed by atoms with Gasteiger partial charge in [0.2, 0.25) is 10.0 Å². The molecule has 1 aromatic carbocycles. The highest BCUT2D eigenvalue weighted by Crippen LogP contribution is 2.18. The van der Waals surface area contributed by atoms with Crippen LogP contribution in [0.2, 0.25) is 0 Å². The lowest BCUT2D eigenvalue weighted by Crippen LogP contribution is -2.50. The standard InChI is InChI=1S/C22H34N6O2S/c1-5-23-22(25-20-11-13-27(14-12-20)31(29,30)6-2)24-16-19-9-7-8-10-21(19)28-18(4)15-17(3)26-28/h7-10,15,20H,5-6,11-14,16H2,1-4H3,(H2,23,24,25). The highest BCUT2D eigenvalue weighted by Gasteiger charge is 2.27. The van der Waals surface area contributed by atoms with E-state index in [0.717, 1.165) is 48.0 Å². The molecule has 1 aromatic heterocycles. The molecular formula is C22H34N6O2S. The van der Waals surface area contributed by atoms with Gasteiger partial charge in [-0.2, -0.15) is 5.10 Å². The average Bonchev–Trinajstić information content (AvgIpc) is 3.10. The number of para-hydroxylation sites is 1. The van der Waals surface area contributed by atoms with Crippen molar-refractivity contribution in [3.8, 4) is 5.69 Å². The molecule has 3 rings (SSSR count). The summed E-state index contributed by atoms with van der Waals surface area (Å²) in [5.74, 6) is 0.909. The molecule has 0 radical (unpaired) electrons. The number of aromatic nitrogens is 2. The highest BCUT2D eigenvalue weighted by molar-refractivity contribution is 7.89. The first kappa shape index (κ1) is 23.3. The van der Waals surface area contributed by atoms with Gasteiger partial charge in [-0.05, 0) is 58.2 Å². The number of guanidine groups is 1. The molecule has 0 amide bonds. The Morgan fingerprint density at radius 2 is 1.90 bits per heavy atom. The molecule has 2 heterocycles. The summed E-state index contributed by atoms with van der Waals surface area (Å²) in [7, 11) is -3.11. The minimum Gasteiger partial charge on any atom is -0.357 e. The van der Waals surface area contributed by atoms with E-state index < -0.39 is 10.0 Å². The van der Waals surface area contributed by atoms with E-state index in [-0.39, 0.29) is 11.8 Å². The fraction of sp³-hybridized carbons (Fsp3) is 0.545. The number of rotatable bonds is 7. The van der Waals surface area contributed by atoms with E-state index in [1.807, 2.05) is 30.7 Å². The third-order valence-corrected chi connectivity index (χ3v) is 7.42. The van der Waals surface area contributed by atoms with Gasteiger partial charge in [-0.15, -0.1) is 0 Å². The van der Waals surface area contributed by atoms with Gasteiger partial charge in [-0.1, -0.05) is 18.2 Å². The second-order valence-electron chi connectivity index (χ2n) is 7.88. The fourth-order valence-electron chi connectivity index (χ4n) is 3.86. The molecule has 1 aliphatic rings. The molecule has 0 aliphatic carbocycles. The zero-order valence-electron chi connectivity index (χ0n) is 18.9. The first-order chi connectivity index (χ1) is 14.8. The van der Waals surface area contributed by atoms with Crippen molar-refractivity contribution in [3.05, 3.63) is 47.3 Å². The molecule has 0 unspecified atom stereocenters. The van der Waals surface area contributed by atoms with Gasteiger partial charge in [-0.3, -0.25) is 0 Å². The number of nitrogens with zero attached hydrogens (tertiary/aromatic N) is 4. The monoisotopic (exact) mass is 446 g/mol. The van der Waals surface area contributed by atoms with Crippen LogP contribution in [0.25, 0.3) is 5.69 Å². The van der Waals surface area contributed by atoms with Gasteiger partial charge >= 0.3 is 0 Å². The van der Waals surface area contributed by atoms with Crippen LogP contribution in [0.15, 0.2) is 35.3 Å². The number of nitrogens with one attached hydrogen (secondary N) is 2. The Morgan fingerprint density at radius 3 is 2.52 bits per heavy atom. The van der Waals surface area contributed by atoms with Gasteiger partial charge < -0.3 is 10.6 Å². The number of sulfonamides is 1. The normalized spacial score (nSPS) is 16.5. The van der Waals surface area contributed by atoms with Crippen molar-refractivity contribution in [2.24, 2.45) is 4.99 Å². The third kappa shape index (κ3) is 5.86. The number of aryl methyl sites for hydroxylation is 2. The molecule has 170 valence electrons. The van der Waals surface area contributed by atoms with Crippen molar-refractivity contribution in [3.63, 3.8) is 0 Å². The minimum atomic E-state index is -3.11. The van der Waals surface area contributed by atoms with Crippen LogP contribution in [-0.4, -0.2) is 59.9 Å². The van der Waals surface area contributed by atoms with Crippen molar-refractivity contribution < 1.29 is 8.42 Å². The van der Waals surface area contributed by atoms with Crippen molar-refractivity contribution in [1.29, 1.82) is 0 Å². The maximum Gasteiger partial charge on any atom is 0.213 e. The van der Waals surface area contributed by atoms with Crippen LogP contribution >= 0.6 is 0 Å². The van der Waals surface area contributed by atoms with Gasteiger partial charge in [0.25, 0.3) is 0 Å². The zero-order chi connectivity index (χ0) is 22.4. The van der Waals surface area contributed by atoms with E-state index in [1.165, 1.54) is 0 Å². The van der Waals surface area contributed by atoms with Crippen LogP contribution in [0.5, 0.6) is 0 Å². The first-order valence-corrected chi connectivity index (χ1v) is 12.6. The Balaban J connectivity index is 1.70. The van der Waals surface area contributed by atoms with Crippen LogP contribution in [-0.2, 0) is 16.6 Å². The molecule has 1 fully saturated rings. The van der Waals surface area contributed by atoms with E-state index in [9.17, 15) is 8.42 Å². The average molecular weight is 447 g/mol. The van der Waals surface area contributed by atoms with Crippen LogP contribution < -0.4 is 10.6 Å². The van der Waals surface area contributed by atoms with Crippen molar-refractivity contribution in [2.45, 2.75) is 53.1 Å². The SMILES string of the molecule is CCNC(=NCc1ccccc1-n1nc(C)cc1C)NC1CCN(S(=O)(=O)CC)CC1. The minimum absolute atomic E-state index is 0.157. The van der Waals surface area contributed by atoms with Crippen molar-refractivity contribution in [1.82, 2.24) is 24.7 Å². The summed E-state index contributed by atoms with van der Waals surface area (Å²) in [6, 6.07) is 10.4. The number of piperidine rings is 1. The lowest BCUT2D eigenvalue weighted by molar-refractivity contribution is 0.306. The Hall–Kier alpha value is -2.39. The lowest BCUT2D eigenvalue weighted by atomic mass is 10.1. The molecule has 2 N–H and O–H groups in total. The summed E-state index contributed by atoms with van der Waals surface area (Å²) in [6.07, 6.45) is 1.54. The Labute approximate surface area is 185 Å². The second-order valence-corrected chi connectivity index (χ2v) is 10.1. The van der Waals surface area contributed by atoms with E-state index >= 15 is 0 Å². The molecule has 2 aromatic rings. The molecule has 0 spiro atoms. The number of hydrogen-bond donors (Lipinski definition) is 2. The summed E-state index contributed by atoms with van der Waals surface area (Å²) in [4.78, 5) is 4.81. The number of benzene rings is 1. The van der Waals surface area contributed by atoms with Crippen molar-refractivity contribution in [2.75, 3.05) is 25.4 Å². The van der Waals surface area contributed by atoms with Crippen LogP contribution in [0.1, 0.15) is 43.6 Å². The smallest absolute Gasteiger partial charge is 0.213 e. The summed E-state index contributed by atoms with van der Waals surface area (Å²) in [6.45, 7) is 10.2. The third-order valence-electron chi connectivity index (χ3n) is 5.53. The Bertz CT molecular complexity index is 1010. The fourth-order valence-corrected chi connectivity index (χ4v) is 4.99. The Kier molecular flexibility index (Phi) is 7.72. The number of hydrogen-bond acceptors (Lipinski definition) is 4. The predicted molar refractivity (Wildman–Crippen MR) is 125 cm³/mol. The molecule has 1 aliphatic heterocycles. The second kappa shape index (κ2) is 10.3. The highest BCUT2D eigenvalue weighted by atomic mass is 32.2. The first-order valence-electron chi connectivity index (χ1n) is 11.0. The molecule has 8 nitrogen and oxygen atoms in total. The maximum absolute atomic E-state index is 12.1. The van der Waals surface area contributed by atoms with Gasteiger partial charge in [-0.25, -0.2) is 22.4 Å². The largest absolute Gasteiger partial charge is 0.357 e.